The molecule has 0 radical (unpaired) electrons. The molecule has 0 unspecified atom stereocenters. The standard InChI is InChI=1S/C22H27N5O3S/c1-17-16-18(2)26(23-17)21-8-9-22(28)27(24-21)20-10-13-25(14-11-20)31(29,30)15-12-19-6-4-3-5-7-19/h3-9,16,20H,10-15H2,1-2H3. The van der Waals surface area contributed by atoms with Gasteiger partial charge in [-0.15, -0.1) is 5.10 Å². The fraction of sp³-hybridized carbons (Fsp3) is 0.409. The van der Waals surface area contributed by atoms with Gasteiger partial charge in [0.1, 0.15) is 0 Å². The van der Waals surface area contributed by atoms with Crippen LogP contribution in [0.15, 0.2) is 53.3 Å². The fourth-order valence-electron chi connectivity index (χ4n) is 4.04. The Hall–Kier alpha value is -2.78. The van der Waals surface area contributed by atoms with Gasteiger partial charge in [-0.3, -0.25) is 4.79 Å². The molecule has 0 spiro atoms. The van der Waals surface area contributed by atoms with Crippen LogP contribution in [-0.2, 0) is 16.4 Å². The van der Waals surface area contributed by atoms with Crippen LogP contribution in [0.5, 0.6) is 0 Å². The predicted octanol–water partition coefficient (Wildman–Crippen LogP) is 2.26. The number of nitrogens with zero attached hydrogens (tertiary/aromatic N) is 5. The average Bonchev–Trinajstić information content (AvgIpc) is 3.11. The second-order valence-corrected chi connectivity index (χ2v) is 10.1. The largest absolute Gasteiger partial charge is 0.268 e. The second-order valence-electron chi connectivity index (χ2n) is 8.00. The molecule has 1 fully saturated rings. The van der Waals surface area contributed by atoms with Gasteiger partial charge in [-0.2, -0.15) is 5.10 Å². The third-order valence-corrected chi connectivity index (χ3v) is 7.56. The molecule has 0 saturated carbocycles. The maximum absolute atomic E-state index is 12.8. The highest BCUT2D eigenvalue weighted by Crippen LogP contribution is 2.23. The van der Waals surface area contributed by atoms with E-state index in [-0.39, 0.29) is 17.4 Å². The summed E-state index contributed by atoms with van der Waals surface area (Å²) in [6, 6.07) is 14.6. The maximum atomic E-state index is 12.8. The normalized spacial score (nSPS) is 15.9. The van der Waals surface area contributed by atoms with E-state index in [4.69, 9.17) is 0 Å². The predicted molar refractivity (Wildman–Crippen MR) is 119 cm³/mol. The van der Waals surface area contributed by atoms with Gasteiger partial charge < -0.3 is 0 Å². The molecule has 0 atom stereocenters. The molecule has 0 amide bonds. The summed E-state index contributed by atoms with van der Waals surface area (Å²) in [6.45, 7) is 4.63. The summed E-state index contributed by atoms with van der Waals surface area (Å²) >= 11 is 0. The van der Waals surface area contributed by atoms with Crippen LogP contribution < -0.4 is 5.56 Å². The Morgan fingerprint density at radius 1 is 1.00 bits per heavy atom. The molecule has 0 bridgehead atoms. The van der Waals surface area contributed by atoms with E-state index in [0.29, 0.717) is 38.2 Å². The summed E-state index contributed by atoms with van der Waals surface area (Å²) in [5.41, 5.74) is 2.65. The van der Waals surface area contributed by atoms with Gasteiger partial charge in [0.15, 0.2) is 5.82 Å². The third-order valence-electron chi connectivity index (χ3n) is 5.69. The number of piperidine rings is 1. The molecule has 3 heterocycles. The van der Waals surface area contributed by atoms with Crippen LogP contribution in [-0.4, -0.2) is 51.1 Å². The van der Waals surface area contributed by atoms with Crippen molar-refractivity contribution in [3.05, 3.63) is 75.8 Å². The highest BCUT2D eigenvalue weighted by molar-refractivity contribution is 7.89. The lowest BCUT2D eigenvalue weighted by atomic mass is 10.1. The van der Waals surface area contributed by atoms with Crippen molar-refractivity contribution in [1.82, 2.24) is 23.9 Å². The molecule has 1 saturated heterocycles. The molecule has 0 aliphatic carbocycles. The number of aromatic nitrogens is 4. The first kappa shape index (κ1) is 21.5. The van der Waals surface area contributed by atoms with E-state index in [1.807, 2.05) is 50.2 Å². The number of hydrogen-bond donors (Lipinski definition) is 0. The van der Waals surface area contributed by atoms with Crippen LogP contribution in [0.4, 0.5) is 0 Å². The summed E-state index contributed by atoms with van der Waals surface area (Å²) < 4.78 is 30.3. The first-order valence-corrected chi connectivity index (χ1v) is 12.1. The molecule has 2 aromatic heterocycles. The zero-order valence-electron chi connectivity index (χ0n) is 17.8. The van der Waals surface area contributed by atoms with Crippen molar-refractivity contribution in [2.75, 3.05) is 18.8 Å². The minimum Gasteiger partial charge on any atom is -0.268 e. The molecule has 4 rings (SSSR count). The molecule has 3 aromatic rings. The molecule has 1 aromatic carbocycles. The zero-order valence-corrected chi connectivity index (χ0v) is 18.6. The number of sulfonamides is 1. The van der Waals surface area contributed by atoms with Gasteiger partial charge in [-0.05, 0) is 50.8 Å². The highest BCUT2D eigenvalue weighted by atomic mass is 32.2. The Bertz CT molecular complexity index is 1210. The van der Waals surface area contributed by atoms with Gasteiger partial charge in [-0.1, -0.05) is 30.3 Å². The fourth-order valence-corrected chi connectivity index (χ4v) is 5.56. The maximum Gasteiger partial charge on any atom is 0.267 e. The lowest BCUT2D eigenvalue weighted by Crippen LogP contribution is -2.42. The van der Waals surface area contributed by atoms with Crippen LogP contribution in [0.25, 0.3) is 5.82 Å². The van der Waals surface area contributed by atoms with Crippen LogP contribution in [0, 0.1) is 13.8 Å². The molecule has 31 heavy (non-hydrogen) atoms. The van der Waals surface area contributed by atoms with Crippen LogP contribution in [0.1, 0.15) is 35.8 Å². The number of aryl methyl sites for hydroxylation is 3. The van der Waals surface area contributed by atoms with Gasteiger partial charge in [0.25, 0.3) is 5.56 Å². The Kier molecular flexibility index (Phi) is 6.06. The highest BCUT2D eigenvalue weighted by Gasteiger charge is 2.29. The van der Waals surface area contributed by atoms with Crippen LogP contribution >= 0.6 is 0 Å². The van der Waals surface area contributed by atoms with Crippen LogP contribution in [0.3, 0.4) is 0 Å². The molecular weight excluding hydrogens is 414 g/mol. The first-order chi connectivity index (χ1) is 14.8. The topological polar surface area (TPSA) is 90.1 Å². The van der Waals surface area contributed by atoms with Crippen LogP contribution in [0.2, 0.25) is 0 Å². The van der Waals surface area contributed by atoms with Gasteiger partial charge in [0, 0.05) is 24.8 Å². The Morgan fingerprint density at radius 2 is 1.71 bits per heavy atom. The summed E-state index contributed by atoms with van der Waals surface area (Å²) in [7, 11) is -3.34. The molecule has 1 aliphatic heterocycles. The van der Waals surface area contributed by atoms with Gasteiger partial charge in [0.05, 0.1) is 17.5 Å². The Morgan fingerprint density at radius 3 is 2.35 bits per heavy atom. The second kappa shape index (κ2) is 8.76. The number of benzene rings is 1. The number of rotatable bonds is 6. The lowest BCUT2D eigenvalue weighted by molar-refractivity contribution is 0.254. The van der Waals surface area contributed by atoms with Gasteiger partial charge in [0.2, 0.25) is 10.0 Å². The smallest absolute Gasteiger partial charge is 0.267 e. The van der Waals surface area contributed by atoms with E-state index >= 15 is 0 Å². The minimum atomic E-state index is -3.34. The van der Waals surface area contributed by atoms with Crippen molar-refractivity contribution >= 4 is 10.0 Å². The monoisotopic (exact) mass is 441 g/mol. The summed E-state index contributed by atoms with van der Waals surface area (Å²) in [5.74, 6) is 0.677. The number of hydrogen-bond acceptors (Lipinski definition) is 5. The van der Waals surface area contributed by atoms with Crippen molar-refractivity contribution in [1.29, 1.82) is 0 Å². The molecule has 164 valence electrons. The molecule has 8 nitrogen and oxygen atoms in total. The van der Waals surface area contributed by atoms with E-state index < -0.39 is 10.0 Å². The van der Waals surface area contributed by atoms with Crippen molar-refractivity contribution in [2.45, 2.75) is 39.2 Å². The summed E-state index contributed by atoms with van der Waals surface area (Å²) in [4.78, 5) is 12.5. The SMILES string of the molecule is Cc1cc(C)n(-c2ccc(=O)n(C3CCN(S(=O)(=O)CCc4ccccc4)CC3)n2)n1. The zero-order chi connectivity index (χ0) is 22.0. The van der Waals surface area contributed by atoms with E-state index in [0.717, 1.165) is 17.0 Å². The minimum absolute atomic E-state index is 0.0906. The first-order valence-electron chi connectivity index (χ1n) is 10.5. The lowest BCUT2D eigenvalue weighted by Gasteiger charge is -2.31. The molecule has 1 aliphatic rings. The Labute approximate surface area is 182 Å². The van der Waals surface area contributed by atoms with Crippen molar-refractivity contribution in [2.24, 2.45) is 0 Å². The summed E-state index contributed by atoms with van der Waals surface area (Å²) in [6.07, 6.45) is 1.60. The van der Waals surface area contributed by atoms with E-state index in [2.05, 4.69) is 10.2 Å². The molecular formula is C22H27N5O3S. The molecule has 9 heteroatoms. The van der Waals surface area contributed by atoms with E-state index in [9.17, 15) is 13.2 Å². The summed E-state index contributed by atoms with van der Waals surface area (Å²) in [5, 5.41) is 8.98. The van der Waals surface area contributed by atoms with Gasteiger partial charge >= 0.3 is 0 Å². The van der Waals surface area contributed by atoms with Crippen molar-refractivity contribution in [3.63, 3.8) is 0 Å². The average molecular weight is 442 g/mol. The van der Waals surface area contributed by atoms with Crippen molar-refractivity contribution in [3.8, 4) is 5.82 Å². The Balaban J connectivity index is 1.44. The van der Waals surface area contributed by atoms with Crippen molar-refractivity contribution < 1.29 is 8.42 Å². The van der Waals surface area contributed by atoms with Gasteiger partial charge in [-0.25, -0.2) is 22.1 Å². The quantitative estimate of drug-likeness (QED) is 0.585. The van der Waals surface area contributed by atoms with E-state index in [1.165, 1.54) is 10.7 Å². The van der Waals surface area contributed by atoms with E-state index in [1.54, 1.807) is 15.1 Å². The third kappa shape index (κ3) is 4.77. The molecule has 0 N–H and O–H groups in total.